The minimum atomic E-state index is -0.978. The second-order valence-electron chi connectivity index (χ2n) is 4.06. The molecular formula is C12H13NO3. The molecule has 84 valence electrons. The summed E-state index contributed by atoms with van der Waals surface area (Å²) in [5.41, 5.74) is 1.88. The molecule has 1 aromatic carbocycles. The molecule has 0 aromatic heterocycles. The smallest absolute Gasteiger partial charge is 0.335 e. The first-order chi connectivity index (χ1) is 7.58. The Kier molecular flexibility index (Phi) is 2.64. The van der Waals surface area contributed by atoms with Gasteiger partial charge in [0.15, 0.2) is 0 Å². The van der Waals surface area contributed by atoms with Gasteiger partial charge in [-0.3, -0.25) is 4.79 Å². The number of benzene rings is 1. The van der Waals surface area contributed by atoms with Gasteiger partial charge in [0.1, 0.15) is 0 Å². The topological polar surface area (TPSA) is 66.4 Å². The molecule has 0 atom stereocenters. The molecule has 4 heteroatoms. The fraction of sp³-hybridized carbons (Fsp3) is 0.333. The van der Waals surface area contributed by atoms with Crippen LogP contribution in [-0.4, -0.2) is 17.0 Å². The van der Waals surface area contributed by atoms with Crippen LogP contribution in [0.3, 0.4) is 0 Å². The number of aromatic carboxylic acids is 1. The third-order valence-corrected chi connectivity index (χ3v) is 2.63. The van der Waals surface area contributed by atoms with Crippen molar-refractivity contribution in [2.24, 2.45) is 0 Å². The van der Waals surface area contributed by atoms with Crippen LogP contribution in [0.15, 0.2) is 18.2 Å². The zero-order valence-electron chi connectivity index (χ0n) is 8.99. The van der Waals surface area contributed by atoms with Crippen molar-refractivity contribution >= 4 is 17.6 Å². The number of nitrogens with one attached hydrogen (secondary N) is 1. The summed E-state index contributed by atoms with van der Waals surface area (Å²) in [5, 5.41) is 11.6. The number of anilines is 1. The maximum absolute atomic E-state index is 11.0. The van der Waals surface area contributed by atoms with Gasteiger partial charge in [-0.05, 0) is 36.5 Å². The summed E-state index contributed by atoms with van der Waals surface area (Å²) in [5.74, 6) is -0.678. The summed E-state index contributed by atoms with van der Waals surface area (Å²) in [6.07, 6.45) is 2.22. The molecule has 0 heterocycles. The van der Waals surface area contributed by atoms with Gasteiger partial charge in [0.05, 0.1) is 5.56 Å². The Bertz CT molecular complexity index is 450. The minimum absolute atomic E-state index is 0.176. The number of rotatable bonds is 3. The SMILES string of the molecule is CC(=O)Nc1cc(C(=O)O)ccc1C1CC1. The van der Waals surface area contributed by atoms with Crippen molar-refractivity contribution in [3.63, 3.8) is 0 Å². The summed E-state index contributed by atoms with van der Waals surface area (Å²) >= 11 is 0. The van der Waals surface area contributed by atoms with E-state index in [0.717, 1.165) is 18.4 Å². The molecule has 0 unspecified atom stereocenters. The minimum Gasteiger partial charge on any atom is -0.478 e. The molecule has 0 bridgehead atoms. The lowest BCUT2D eigenvalue weighted by atomic mass is 10.0. The number of carboxylic acid groups (broad SMARTS) is 1. The normalized spacial score (nSPS) is 14.6. The van der Waals surface area contributed by atoms with Crippen molar-refractivity contribution < 1.29 is 14.7 Å². The van der Waals surface area contributed by atoms with Crippen LogP contribution in [0.4, 0.5) is 5.69 Å². The molecule has 2 N–H and O–H groups in total. The number of hydrogen-bond acceptors (Lipinski definition) is 2. The zero-order valence-corrected chi connectivity index (χ0v) is 8.99. The van der Waals surface area contributed by atoms with Crippen LogP contribution in [0.1, 0.15) is 41.6 Å². The number of amides is 1. The van der Waals surface area contributed by atoms with Crippen molar-refractivity contribution in [1.82, 2.24) is 0 Å². The second-order valence-corrected chi connectivity index (χ2v) is 4.06. The van der Waals surface area contributed by atoms with Crippen LogP contribution in [0.2, 0.25) is 0 Å². The number of carbonyl (C=O) groups is 2. The molecule has 1 fully saturated rings. The van der Waals surface area contributed by atoms with Gasteiger partial charge in [0, 0.05) is 12.6 Å². The molecule has 16 heavy (non-hydrogen) atoms. The lowest BCUT2D eigenvalue weighted by Crippen LogP contribution is -2.09. The van der Waals surface area contributed by atoms with Crippen LogP contribution in [0.5, 0.6) is 0 Å². The second kappa shape index (κ2) is 3.96. The van der Waals surface area contributed by atoms with E-state index < -0.39 is 5.97 Å². The molecule has 1 aliphatic carbocycles. The summed E-state index contributed by atoms with van der Waals surface area (Å²) in [4.78, 5) is 21.9. The fourth-order valence-corrected chi connectivity index (χ4v) is 1.74. The van der Waals surface area contributed by atoms with Crippen LogP contribution in [-0.2, 0) is 4.79 Å². The Morgan fingerprint density at radius 2 is 2.06 bits per heavy atom. The number of hydrogen-bond donors (Lipinski definition) is 2. The summed E-state index contributed by atoms with van der Waals surface area (Å²) in [6.45, 7) is 1.42. The third-order valence-electron chi connectivity index (χ3n) is 2.63. The molecule has 2 rings (SSSR count). The molecule has 0 radical (unpaired) electrons. The van der Waals surface area contributed by atoms with E-state index in [1.807, 2.05) is 0 Å². The monoisotopic (exact) mass is 219 g/mol. The van der Waals surface area contributed by atoms with Crippen molar-refractivity contribution in [2.45, 2.75) is 25.7 Å². The maximum atomic E-state index is 11.0. The standard InChI is InChI=1S/C12H13NO3/c1-7(14)13-11-6-9(12(15)16)4-5-10(11)8-2-3-8/h4-6,8H,2-3H2,1H3,(H,13,14)(H,15,16). The average Bonchev–Trinajstić information content (AvgIpc) is 3.00. The zero-order chi connectivity index (χ0) is 11.7. The summed E-state index contributed by atoms with van der Waals surface area (Å²) in [7, 11) is 0. The van der Waals surface area contributed by atoms with Crippen molar-refractivity contribution in [3.05, 3.63) is 29.3 Å². The van der Waals surface area contributed by atoms with Gasteiger partial charge in [-0.15, -0.1) is 0 Å². The Labute approximate surface area is 93.3 Å². The van der Waals surface area contributed by atoms with E-state index in [2.05, 4.69) is 5.32 Å². The van der Waals surface area contributed by atoms with Gasteiger partial charge in [0.25, 0.3) is 0 Å². The predicted molar refractivity (Wildman–Crippen MR) is 59.7 cm³/mol. The molecule has 0 spiro atoms. The van der Waals surface area contributed by atoms with Crippen molar-refractivity contribution in [3.8, 4) is 0 Å². The van der Waals surface area contributed by atoms with E-state index >= 15 is 0 Å². The highest BCUT2D eigenvalue weighted by Gasteiger charge is 2.26. The van der Waals surface area contributed by atoms with Crippen LogP contribution < -0.4 is 5.32 Å². The number of carboxylic acids is 1. The Morgan fingerprint density at radius 3 is 2.56 bits per heavy atom. The van der Waals surface area contributed by atoms with Gasteiger partial charge < -0.3 is 10.4 Å². The first kappa shape index (κ1) is 10.7. The molecular weight excluding hydrogens is 206 g/mol. The third kappa shape index (κ3) is 2.21. The van der Waals surface area contributed by atoms with E-state index in [-0.39, 0.29) is 11.5 Å². The molecule has 1 aliphatic rings. The molecule has 0 aliphatic heterocycles. The van der Waals surface area contributed by atoms with E-state index in [1.165, 1.54) is 13.0 Å². The van der Waals surface area contributed by atoms with Gasteiger partial charge >= 0.3 is 5.97 Å². The lowest BCUT2D eigenvalue weighted by Gasteiger charge is -2.10. The van der Waals surface area contributed by atoms with Crippen LogP contribution in [0, 0.1) is 0 Å². The van der Waals surface area contributed by atoms with Gasteiger partial charge in [-0.25, -0.2) is 4.79 Å². The molecule has 1 amide bonds. The Hall–Kier alpha value is -1.84. The van der Waals surface area contributed by atoms with Crippen molar-refractivity contribution in [2.75, 3.05) is 5.32 Å². The fourth-order valence-electron chi connectivity index (χ4n) is 1.74. The maximum Gasteiger partial charge on any atom is 0.335 e. The lowest BCUT2D eigenvalue weighted by molar-refractivity contribution is -0.114. The highest BCUT2D eigenvalue weighted by molar-refractivity contribution is 5.94. The van der Waals surface area contributed by atoms with Gasteiger partial charge in [-0.2, -0.15) is 0 Å². The van der Waals surface area contributed by atoms with Crippen LogP contribution in [0.25, 0.3) is 0 Å². The first-order valence-corrected chi connectivity index (χ1v) is 5.23. The van der Waals surface area contributed by atoms with E-state index in [9.17, 15) is 9.59 Å². The first-order valence-electron chi connectivity index (χ1n) is 5.23. The van der Waals surface area contributed by atoms with E-state index in [4.69, 9.17) is 5.11 Å². The summed E-state index contributed by atoms with van der Waals surface area (Å²) < 4.78 is 0. The van der Waals surface area contributed by atoms with Gasteiger partial charge in [0.2, 0.25) is 5.91 Å². The highest BCUT2D eigenvalue weighted by atomic mass is 16.4. The molecule has 4 nitrogen and oxygen atoms in total. The Balaban J connectivity index is 2.37. The van der Waals surface area contributed by atoms with Crippen LogP contribution >= 0.6 is 0 Å². The van der Waals surface area contributed by atoms with Gasteiger partial charge in [-0.1, -0.05) is 6.07 Å². The van der Waals surface area contributed by atoms with Crippen molar-refractivity contribution in [1.29, 1.82) is 0 Å². The quantitative estimate of drug-likeness (QED) is 0.819. The molecule has 1 saturated carbocycles. The Morgan fingerprint density at radius 1 is 1.38 bits per heavy atom. The number of carbonyl (C=O) groups excluding carboxylic acids is 1. The molecule has 0 saturated heterocycles. The molecule has 1 aromatic rings. The highest BCUT2D eigenvalue weighted by Crippen LogP contribution is 2.43. The predicted octanol–water partition coefficient (Wildman–Crippen LogP) is 2.22. The van der Waals surface area contributed by atoms with E-state index in [1.54, 1.807) is 12.1 Å². The summed E-state index contributed by atoms with van der Waals surface area (Å²) in [6, 6.07) is 4.91. The average molecular weight is 219 g/mol. The largest absolute Gasteiger partial charge is 0.478 e. The van der Waals surface area contributed by atoms with E-state index in [0.29, 0.717) is 11.6 Å².